The third kappa shape index (κ3) is 4.80. The second-order valence-corrected chi connectivity index (χ2v) is 3.06. The van der Waals surface area contributed by atoms with Crippen LogP contribution in [0.4, 0.5) is 8.78 Å². The van der Waals surface area contributed by atoms with E-state index in [0.717, 1.165) is 0 Å². The van der Waals surface area contributed by atoms with Crippen LogP contribution in [0.5, 0.6) is 0 Å². The molecular formula is C10H13F2NO2. The van der Waals surface area contributed by atoms with Crippen LogP contribution in [0.2, 0.25) is 0 Å². The average Bonchev–Trinajstić information content (AvgIpc) is 2.25. The first-order valence-electron chi connectivity index (χ1n) is 4.64. The van der Waals surface area contributed by atoms with Crippen LogP contribution in [0.25, 0.3) is 0 Å². The first kappa shape index (κ1) is 12.0. The molecule has 84 valence electrons. The monoisotopic (exact) mass is 217 g/mol. The standard InChI is InChI=1S/C10H13F2NO2/c11-10(12)7-15-5-3-9(14)8-2-1-4-13-6-8/h1-2,4,6,9-10,14H,3,5,7H2. The largest absolute Gasteiger partial charge is 0.388 e. The Hall–Kier alpha value is -1.07. The molecule has 1 aromatic heterocycles. The number of nitrogens with zero attached hydrogens (tertiary/aromatic N) is 1. The van der Waals surface area contributed by atoms with Crippen LogP contribution in [-0.4, -0.2) is 29.7 Å². The SMILES string of the molecule is OC(CCOCC(F)F)c1cccnc1. The van der Waals surface area contributed by atoms with Gasteiger partial charge in [0.25, 0.3) is 6.43 Å². The Labute approximate surface area is 86.7 Å². The van der Waals surface area contributed by atoms with Crippen molar-refractivity contribution in [3.05, 3.63) is 30.1 Å². The summed E-state index contributed by atoms with van der Waals surface area (Å²) < 4.78 is 28.0. The van der Waals surface area contributed by atoms with Crippen molar-refractivity contribution in [2.75, 3.05) is 13.2 Å². The van der Waals surface area contributed by atoms with Gasteiger partial charge < -0.3 is 9.84 Å². The molecule has 0 bridgehead atoms. The average molecular weight is 217 g/mol. The van der Waals surface area contributed by atoms with Gasteiger partial charge in [0, 0.05) is 25.4 Å². The third-order valence-electron chi connectivity index (χ3n) is 1.85. The maximum absolute atomic E-state index is 11.7. The number of aliphatic hydroxyl groups excluding tert-OH is 1. The molecule has 1 unspecified atom stereocenters. The summed E-state index contributed by atoms with van der Waals surface area (Å²) in [6.45, 7) is -0.472. The lowest BCUT2D eigenvalue weighted by Crippen LogP contribution is -2.08. The fourth-order valence-electron chi connectivity index (χ4n) is 1.11. The lowest BCUT2D eigenvalue weighted by atomic mass is 10.1. The number of aromatic nitrogens is 1. The molecule has 1 atom stereocenters. The van der Waals surface area contributed by atoms with Crippen LogP contribution < -0.4 is 0 Å². The van der Waals surface area contributed by atoms with Crippen molar-refractivity contribution in [3.63, 3.8) is 0 Å². The van der Waals surface area contributed by atoms with Gasteiger partial charge in [-0.1, -0.05) is 6.07 Å². The summed E-state index contributed by atoms with van der Waals surface area (Å²) in [6, 6.07) is 3.43. The lowest BCUT2D eigenvalue weighted by molar-refractivity contribution is 0.00478. The quantitative estimate of drug-likeness (QED) is 0.738. The van der Waals surface area contributed by atoms with Gasteiger partial charge in [-0.2, -0.15) is 0 Å². The van der Waals surface area contributed by atoms with E-state index in [-0.39, 0.29) is 6.61 Å². The highest BCUT2D eigenvalue weighted by Crippen LogP contribution is 2.14. The molecule has 1 N–H and O–H groups in total. The minimum atomic E-state index is -2.46. The molecule has 0 fully saturated rings. The maximum atomic E-state index is 11.7. The molecule has 0 aromatic carbocycles. The Morgan fingerprint density at radius 2 is 2.27 bits per heavy atom. The van der Waals surface area contributed by atoms with Crippen LogP contribution in [0.3, 0.4) is 0 Å². The van der Waals surface area contributed by atoms with E-state index in [0.29, 0.717) is 12.0 Å². The number of hydrogen-bond donors (Lipinski definition) is 1. The van der Waals surface area contributed by atoms with Crippen molar-refractivity contribution in [2.24, 2.45) is 0 Å². The summed E-state index contributed by atoms with van der Waals surface area (Å²) in [6.07, 6.45) is 0.261. The summed E-state index contributed by atoms with van der Waals surface area (Å²) in [5.41, 5.74) is 0.665. The highest BCUT2D eigenvalue weighted by atomic mass is 19.3. The zero-order chi connectivity index (χ0) is 11.1. The predicted octanol–water partition coefficient (Wildman–Crippen LogP) is 1.79. The molecule has 0 aliphatic carbocycles. The van der Waals surface area contributed by atoms with Crippen LogP contribution in [0.15, 0.2) is 24.5 Å². The van der Waals surface area contributed by atoms with Gasteiger partial charge in [-0.25, -0.2) is 8.78 Å². The van der Waals surface area contributed by atoms with Crippen molar-refractivity contribution >= 4 is 0 Å². The Morgan fingerprint density at radius 1 is 1.47 bits per heavy atom. The van der Waals surface area contributed by atoms with Gasteiger partial charge in [0.1, 0.15) is 6.61 Å². The number of ether oxygens (including phenoxy) is 1. The Bertz CT molecular complexity index is 269. The van der Waals surface area contributed by atoms with Gasteiger partial charge in [-0.3, -0.25) is 4.98 Å². The van der Waals surface area contributed by atoms with E-state index in [1.54, 1.807) is 18.3 Å². The lowest BCUT2D eigenvalue weighted by Gasteiger charge is -2.10. The molecule has 1 heterocycles. The number of aliphatic hydroxyl groups is 1. The van der Waals surface area contributed by atoms with E-state index in [9.17, 15) is 13.9 Å². The van der Waals surface area contributed by atoms with Gasteiger partial charge in [-0.15, -0.1) is 0 Å². The van der Waals surface area contributed by atoms with Gasteiger partial charge in [-0.05, 0) is 11.6 Å². The first-order chi connectivity index (χ1) is 7.20. The molecule has 0 radical (unpaired) electrons. The van der Waals surface area contributed by atoms with Gasteiger partial charge in [0.2, 0.25) is 0 Å². The van der Waals surface area contributed by atoms with Crippen LogP contribution in [0.1, 0.15) is 18.1 Å². The maximum Gasteiger partial charge on any atom is 0.261 e. The molecule has 0 aliphatic rings. The highest BCUT2D eigenvalue weighted by Gasteiger charge is 2.08. The summed E-state index contributed by atoms with van der Waals surface area (Å²) in [7, 11) is 0. The second-order valence-electron chi connectivity index (χ2n) is 3.06. The number of pyridine rings is 1. The van der Waals surface area contributed by atoms with Crippen molar-refractivity contribution in [3.8, 4) is 0 Å². The molecule has 0 amide bonds. The highest BCUT2D eigenvalue weighted by molar-refractivity contribution is 5.11. The molecule has 1 aromatic rings. The Balaban J connectivity index is 2.22. The van der Waals surface area contributed by atoms with Crippen LogP contribution in [0, 0.1) is 0 Å². The summed E-state index contributed by atoms with van der Waals surface area (Å²) in [5.74, 6) is 0. The molecule has 5 heteroatoms. The smallest absolute Gasteiger partial charge is 0.261 e. The van der Waals surface area contributed by atoms with Crippen molar-refractivity contribution in [1.29, 1.82) is 0 Å². The first-order valence-corrected chi connectivity index (χ1v) is 4.64. The van der Waals surface area contributed by atoms with Gasteiger partial charge in [0.15, 0.2) is 0 Å². The van der Waals surface area contributed by atoms with Gasteiger partial charge in [0.05, 0.1) is 6.10 Å². The van der Waals surface area contributed by atoms with Crippen molar-refractivity contribution in [1.82, 2.24) is 4.98 Å². The van der Waals surface area contributed by atoms with Crippen molar-refractivity contribution < 1.29 is 18.6 Å². The number of rotatable bonds is 6. The van der Waals surface area contributed by atoms with Crippen LogP contribution >= 0.6 is 0 Å². The minimum Gasteiger partial charge on any atom is -0.388 e. The zero-order valence-corrected chi connectivity index (χ0v) is 8.14. The number of alkyl halides is 2. The third-order valence-corrected chi connectivity index (χ3v) is 1.85. The second kappa shape index (κ2) is 6.42. The Morgan fingerprint density at radius 3 is 2.87 bits per heavy atom. The predicted molar refractivity (Wildman–Crippen MR) is 50.6 cm³/mol. The minimum absolute atomic E-state index is 0.112. The summed E-state index contributed by atoms with van der Waals surface area (Å²) >= 11 is 0. The number of hydrogen-bond acceptors (Lipinski definition) is 3. The zero-order valence-electron chi connectivity index (χ0n) is 8.14. The molecule has 0 aliphatic heterocycles. The number of halogens is 2. The normalized spacial score (nSPS) is 13.1. The van der Waals surface area contributed by atoms with Gasteiger partial charge >= 0.3 is 0 Å². The molecule has 0 spiro atoms. The molecule has 3 nitrogen and oxygen atoms in total. The van der Waals surface area contributed by atoms with E-state index < -0.39 is 19.1 Å². The van der Waals surface area contributed by atoms with E-state index in [1.165, 1.54) is 6.20 Å². The van der Waals surface area contributed by atoms with E-state index in [2.05, 4.69) is 9.72 Å². The van der Waals surface area contributed by atoms with Crippen molar-refractivity contribution in [2.45, 2.75) is 19.0 Å². The summed E-state index contributed by atoms with van der Waals surface area (Å²) in [4.78, 5) is 3.84. The van der Waals surface area contributed by atoms with Crippen LogP contribution in [-0.2, 0) is 4.74 Å². The Kier molecular flexibility index (Phi) is 5.14. The fourth-order valence-corrected chi connectivity index (χ4v) is 1.11. The molecule has 0 saturated carbocycles. The molecule has 1 rings (SSSR count). The fraction of sp³-hybridized carbons (Fsp3) is 0.500. The van der Waals surface area contributed by atoms with E-state index in [1.807, 2.05) is 0 Å². The molecule has 0 saturated heterocycles. The van der Waals surface area contributed by atoms with E-state index >= 15 is 0 Å². The summed E-state index contributed by atoms with van der Waals surface area (Å²) in [5, 5.41) is 9.58. The molecule has 15 heavy (non-hydrogen) atoms. The topological polar surface area (TPSA) is 42.4 Å². The van der Waals surface area contributed by atoms with E-state index in [4.69, 9.17) is 0 Å². The molecular weight excluding hydrogens is 204 g/mol.